The first-order valence-corrected chi connectivity index (χ1v) is 9.70. The Bertz CT molecular complexity index is 1040. The van der Waals surface area contributed by atoms with Gasteiger partial charge in [-0.3, -0.25) is 4.79 Å². The van der Waals surface area contributed by atoms with Crippen molar-refractivity contribution in [2.24, 2.45) is 5.41 Å². The molecule has 0 radical (unpaired) electrons. The molecule has 0 unspecified atom stereocenters. The molecular weight excluding hydrogens is 635 g/mol. The molecule has 1 aliphatic carbocycles. The van der Waals surface area contributed by atoms with Crippen LogP contribution in [0, 0.1) is 5.41 Å². The van der Waals surface area contributed by atoms with Crippen LogP contribution in [0.25, 0.3) is 11.0 Å². The Balaban J connectivity index is 0.00000146. The van der Waals surface area contributed by atoms with Gasteiger partial charge in [0, 0.05) is 11.1 Å². The third-order valence-electron chi connectivity index (χ3n) is 3.76. The smallest absolute Gasteiger partial charge is 0.403 e. The van der Waals surface area contributed by atoms with Crippen molar-refractivity contribution in [2.45, 2.75) is 54.1 Å². The molecular formula is C22H29N4O3Rf-. The summed E-state index contributed by atoms with van der Waals surface area (Å²) in [6.45, 7) is 13.4. The first-order chi connectivity index (χ1) is 13.5. The number of aromatic nitrogens is 3. The number of fused-ring (bicyclic) bond motifs is 1. The molecule has 2 aromatic rings. The monoisotopic (exact) mass is 664 g/mol. The first kappa shape index (κ1) is 23.9. The van der Waals surface area contributed by atoms with Gasteiger partial charge in [0.15, 0.2) is 0 Å². The third-order valence-corrected chi connectivity index (χ3v) is 3.76. The molecule has 2 heterocycles. The van der Waals surface area contributed by atoms with Gasteiger partial charge >= 0.3 is 6.09 Å². The van der Waals surface area contributed by atoms with E-state index in [0.29, 0.717) is 16.0 Å². The van der Waals surface area contributed by atoms with Crippen LogP contribution in [0.2, 0.25) is 0 Å². The maximum absolute atomic E-state index is 12.5. The molecule has 1 N–H and O–H groups in total. The fourth-order valence-corrected chi connectivity index (χ4v) is 2.63. The molecule has 7 nitrogen and oxygen atoms in total. The molecule has 0 saturated heterocycles. The number of hydrogen-bond donors (Lipinski definition) is 1. The molecule has 3 rings (SSSR count). The van der Waals surface area contributed by atoms with Gasteiger partial charge in [0.05, 0.1) is 0 Å². The number of hydrogen-bond acceptors (Lipinski definition) is 5. The summed E-state index contributed by atoms with van der Waals surface area (Å²) in [5.41, 5.74) is -0.119. The average molecular weight is 664 g/mol. The zero-order valence-electron chi connectivity index (χ0n) is 18.8. The van der Waals surface area contributed by atoms with Gasteiger partial charge in [0.2, 0.25) is 0 Å². The zero-order chi connectivity index (χ0) is 21.8. The van der Waals surface area contributed by atoms with Gasteiger partial charge in [0.1, 0.15) is 16.9 Å². The van der Waals surface area contributed by atoms with Crippen molar-refractivity contribution in [3.8, 4) is 0 Å². The minimum Gasteiger partial charge on any atom is -0.580 e. The molecule has 0 aliphatic heterocycles. The topological polar surface area (TPSA) is 87.3 Å². The van der Waals surface area contributed by atoms with Gasteiger partial charge in [-0.2, -0.15) is 0 Å². The largest absolute Gasteiger partial charge is 0.580 e. The molecule has 158 valence electrons. The number of ether oxygens (including phenoxy) is 1. The van der Waals surface area contributed by atoms with Crippen LogP contribution in [0.15, 0.2) is 53.0 Å². The van der Waals surface area contributed by atoms with E-state index in [4.69, 9.17) is 4.74 Å². The normalized spacial score (nSPS) is 14.7. The molecule has 8 heteroatoms. The summed E-state index contributed by atoms with van der Waals surface area (Å²) >= 11 is 0. The van der Waals surface area contributed by atoms with Gasteiger partial charge < -0.3 is 19.8 Å². The van der Waals surface area contributed by atoms with Crippen LogP contribution in [0.5, 0.6) is 0 Å². The van der Waals surface area contributed by atoms with Gasteiger partial charge in [-0.05, 0) is 32.9 Å². The van der Waals surface area contributed by atoms with E-state index in [1.165, 1.54) is 0 Å². The Kier molecular flexibility index (Phi) is 7.14. The maximum Gasteiger partial charge on any atom is 0.403 e. The van der Waals surface area contributed by atoms with Crippen molar-refractivity contribution < 1.29 is 9.53 Å². The number of anilines is 1. The standard InChI is InChI=1S/C20H24N4O3.C2H6.Rf/c1-19(2,3)27-18(26)24-17(25)16-14(23-24)9-10-15(22-16)21-13-8-6-7-11-20(4,5)12-13;1-2;/h6-12H,1-5H3,(H2,21,22,23,25);1-2H3;/p-1. The number of nitrogens with one attached hydrogen (secondary N) is 1. The molecule has 0 aromatic carbocycles. The summed E-state index contributed by atoms with van der Waals surface area (Å²) in [5, 5.41) is 7.23. The number of nitrogens with zero attached hydrogens (tertiary/aromatic N) is 3. The van der Waals surface area contributed by atoms with Crippen LogP contribution >= 0.6 is 0 Å². The van der Waals surface area contributed by atoms with Crippen molar-refractivity contribution in [1.82, 2.24) is 14.8 Å². The molecule has 0 saturated carbocycles. The fourth-order valence-electron chi connectivity index (χ4n) is 2.63. The second-order valence-corrected chi connectivity index (χ2v) is 8.03. The first-order valence-electron chi connectivity index (χ1n) is 9.70. The van der Waals surface area contributed by atoms with E-state index < -0.39 is 17.3 Å². The van der Waals surface area contributed by atoms with Crippen molar-refractivity contribution in [1.29, 1.82) is 0 Å². The van der Waals surface area contributed by atoms with Crippen LogP contribution in [-0.2, 0) is 4.74 Å². The predicted molar refractivity (Wildman–Crippen MR) is 116 cm³/mol. The summed E-state index contributed by atoms with van der Waals surface area (Å²) in [5.74, 6) is 0.497. The van der Waals surface area contributed by atoms with Gasteiger partial charge in [-0.1, -0.05) is 63.6 Å². The van der Waals surface area contributed by atoms with Crippen molar-refractivity contribution in [2.75, 3.05) is 5.32 Å². The molecule has 30 heavy (non-hydrogen) atoms. The van der Waals surface area contributed by atoms with E-state index in [9.17, 15) is 9.59 Å². The summed E-state index contributed by atoms with van der Waals surface area (Å²) in [7, 11) is 0. The Labute approximate surface area is 171 Å². The fraction of sp³-hybridized carbons (Fsp3) is 0.409. The van der Waals surface area contributed by atoms with E-state index in [-0.39, 0.29) is 10.9 Å². The zero-order valence-corrected chi connectivity index (χ0v) is 25.2. The average Bonchev–Trinajstić information content (AvgIpc) is 2.84. The third kappa shape index (κ3) is 5.70. The molecule has 1 aliphatic rings. The molecule has 0 bridgehead atoms. The van der Waals surface area contributed by atoms with Crippen LogP contribution in [-0.4, -0.2) is 21.4 Å². The molecule has 0 amide bonds. The molecule has 2 aromatic heterocycles. The summed E-state index contributed by atoms with van der Waals surface area (Å²) < 4.78 is 5.93. The van der Waals surface area contributed by atoms with Gasteiger partial charge in [-0.25, -0.2) is 9.78 Å². The van der Waals surface area contributed by atoms with Crippen LogP contribution in [0.4, 0.5) is 10.6 Å². The SMILES string of the molecule is CC.CC1(C)C=CC=CC(Nc2ccc3[n-]n(C(=O)OC(C)(C)C)c(=O)c3n2)=C1.[Rf]. The second kappa shape index (κ2) is 8.94. The minimum atomic E-state index is -0.817. The van der Waals surface area contributed by atoms with Crippen LogP contribution < -0.4 is 16.0 Å². The number of allylic oxidation sites excluding steroid dienone is 5. The minimum absolute atomic E-state index is 0. The molecule has 0 atom stereocenters. The van der Waals surface area contributed by atoms with E-state index in [1.807, 2.05) is 32.1 Å². The Morgan fingerprint density at radius 3 is 2.50 bits per heavy atom. The van der Waals surface area contributed by atoms with E-state index in [0.717, 1.165) is 5.70 Å². The summed E-state index contributed by atoms with van der Waals surface area (Å²) in [6.07, 6.45) is 9.20. The molecule has 0 fully saturated rings. The van der Waals surface area contributed by atoms with Crippen molar-refractivity contribution in [3.05, 3.63) is 58.6 Å². The number of carbonyl (C=O) groups is 1. The maximum atomic E-state index is 12.5. The Morgan fingerprint density at radius 1 is 1.20 bits per heavy atom. The summed E-state index contributed by atoms with van der Waals surface area (Å²) in [4.78, 5) is 29.0. The van der Waals surface area contributed by atoms with Crippen molar-refractivity contribution in [3.63, 3.8) is 0 Å². The number of pyridine rings is 1. The van der Waals surface area contributed by atoms with Crippen LogP contribution in [0.3, 0.4) is 0 Å². The van der Waals surface area contributed by atoms with E-state index >= 15 is 0 Å². The van der Waals surface area contributed by atoms with Gasteiger partial charge in [-0.15, -0.1) is 0 Å². The Morgan fingerprint density at radius 2 is 1.87 bits per heavy atom. The Hall–Kier alpha value is -4.09. The predicted octanol–water partition coefficient (Wildman–Crippen LogP) is 4.61. The molecule has 0 spiro atoms. The van der Waals surface area contributed by atoms with Gasteiger partial charge in [0.25, 0.3) is 5.56 Å². The van der Waals surface area contributed by atoms with Crippen molar-refractivity contribution >= 4 is 22.9 Å². The number of carbonyl (C=O) groups excluding carboxylic acids is 1. The number of rotatable bonds is 2. The van der Waals surface area contributed by atoms with E-state index in [1.54, 1.807) is 32.9 Å². The quantitative estimate of drug-likeness (QED) is 0.505. The van der Waals surface area contributed by atoms with Crippen LogP contribution in [0.1, 0.15) is 48.5 Å². The second-order valence-electron chi connectivity index (χ2n) is 8.03. The van der Waals surface area contributed by atoms with E-state index in [2.05, 4.69) is 41.4 Å². The summed E-state index contributed by atoms with van der Waals surface area (Å²) in [6, 6.07) is 3.37.